The van der Waals surface area contributed by atoms with Crippen molar-refractivity contribution in [2.75, 3.05) is 32.6 Å². The molecule has 7 nitrogen and oxygen atoms in total. The summed E-state index contributed by atoms with van der Waals surface area (Å²) in [5.74, 6) is 0.483. The van der Waals surface area contributed by atoms with Crippen molar-refractivity contribution in [3.05, 3.63) is 63.6 Å². The van der Waals surface area contributed by atoms with E-state index >= 15 is 0 Å². The molecule has 1 aliphatic heterocycles. The van der Waals surface area contributed by atoms with Gasteiger partial charge in [-0.15, -0.1) is 0 Å². The molecule has 0 spiro atoms. The molecule has 0 radical (unpaired) electrons. The number of amidine groups is 1. The van der Waals surface area contributed by atoms with Gasteiger partial charge in [-0.1, -0.05) is 53.5 Å². The van der Waals surface area contributed by atoms with Gasteiger partial charge >= 0.3 is 0 Å². The number of carbonyl (C=O) groups excluding carboxylic acids is 1. The minimum Gasteiger partial charge on any atom is -0.368 e. The van der Waals surface area contributed by atoms with Gasteiger partial charge in [-0.3, -0.25) is 9.79 Å². The molecule has 0 saturated heterocycles. The second kappa shape index (κ2) is 10.5. The van der Waals surface area contributed by atoms with Crippen LogP contribution in [0.2, 0.25) is 10.0 Å². The van der Waals surface area contributed by atoms with E-state index in [1.807, 2.05) is 24.3 Å². The Bertz CT molecular complexity index is 1070. The Morgan fingerprint density at radius 3 is 2.61 bits per heavy atom. The summed E-state index contributed by atoms with van der Waals surface area (Å²) in [6.07, 6.45) is 0.175. The van der Waals surface area contributed by atoms with Crippen LogP contribution in [0.25, 0.3) is 0 Å². The summed E-state index contributed by atoms with van der Waals surface area (Å²) in [6.45, 7) is 2.34. The minimum atomic E-state index is -3.66. The smallest absolute Gasteiger partial charge is 0.223 e. The van der Waals surface area contributed by atoms with Crippen LogP contribution in [-0.4, -0.2) is 57.6 Å². The van der Waals surface area contributed by atoms with Crippen LogP contribution in [0, 0.1) is 0 Å². The van der Waals surface area contributed by atoms with Crippen LogP contribution in [-0.2, 0) is 21.2 Å². The third-order valence-corrected chi connectivity index (χ3v) is 7.33. The Labute approximate surface area is 192 Å². The zero-order chi connectivity index (χ0) is 22.4. The highest BCUT2D eigenvalue weighted by Crippen LogP contribution is 2.29. The lowest BCUT2D eigenvalue weighted by Gasteiger charge is -2.18. The number of hydrogen-bond acceptors (Lipinski definition) is 6. The maximum atomic E-state index is 12.4. The highest BCUT2D eigenvalue weighted by Gasteiger charge is 2.19. The summed E-state index contributed by atoms with van der Waals surface area (Å²) in [7, 11) is -1.94. The quantitative estimate of drug-likeness (QED) is 0.536. The summed E-state index contributed by atoms with van der Waals surface area (Å²) in [5, 5.41) is 6.21. The molecule has 10 heteroatoms. The molecule has 2 aromatic carbocycles. The van der Waals surface area contributed by atoms with Crippen molar-refractivity contribution in [1.29, 1.82) is 0 Å². The molecular weight excluding hydrogens is 459 g/mol. The Kier molecular flexibility index (Phi) is 7.94. The van der Waals surface area contributed by atoms with Crippen molar-refractivity contribution in [2.24, 2.45) is 4.99 Å². The van der Waals surface area contributed by atoms with Crippen molar-refractivity contribution >= 4 is 44.8 Å². The molecule has 0 fully saturated rings. The Morgan fingerprint density at radius 1 is 1.19 bits per heavy atom. The first-order valence-electron chi connectivity index (χ1n) is 9.77. The second-order valence-corrected chi connectivity index (χ2v) is 9.91. The van der Waals surface area contributed by atoms with Crippen molar-refractivity contribution in [2.45, 2.75) is 17.9 Å². The van der Waals surface area contributed by atoms with E-state index in [1.165, 1.54) is 18.2 Å². The van der Waals surface area contributed by atoms with Crippen LogP contribution in [0.1, 0.15) is 17.5 Å². The summed E-state index contributed by atoms with van der Waals surface area (Å²) in [4.78, 5) is 18.4. The molecule has 0 aliphatic carbocycles. The van der Waals surface area contributed by atoms with Gasteiger partial charge in [0.25, 0.3) is 0 Å². The maximum Gasteiger partial charge on any atom is 0.223 e. The third kappa shape index (κ3) is 6.20. The van der Waals surface area contributed by atoms with E-state index in [0.29, 0.717) is 6.54 Å². The molecule has 3 rings (SSSR count). The molecular formula is C21H24Cl2N4O3S. The van der Waals surface area contributed by atoms with Gasteiger partial charge in [-0.2, -0.15) is 0 Å². The molecule has 1 amide bonds. The monoisotopic (exact) mass is 482 g/mol. The average Bonchev–Trinajstić information content (AvgIpc) is 3.28. The van der Waals surface area contributed by atoms with Crippen molar-refractivity contribution in [1.82, 2.24) is 15.5 Å². The van der Waals surface area contributed by atoms with Crippen molar-refractivity contribution in [3.8, 4) is 0 Å². The number of sulfone groups is 1. The van der Waals surface area contributed by atoms with E-state index in [2.05, 4.69) is 15.6 Å². The van der Waals surface area contributed by atoms with Gasteiger partial charge in [-0.05, 0) is 17.7 Å². The number of amides is 1. The van der Waals surface area contributed by atoms with Gasteiger partial charge in [0, 0.05) is 38.7 Å². The summed E-state index contributed by atoms with van der Waals surface area (Å²) < 4.78 is 24.9. The molecule has 2 N–H and O–H groups in total. The van der Waals surface area contributed by atoms with Gasteiger partial charge in [-0.25, -0.2) is 8.42 Å². The second-order valence-electron chi connectivity index (χ2n) is 7.16. The third-order valence-electron chi connectivity index (χ3n) is 4.81. The lowest BCUT2D eigenvalue weighted by Crippen LogP contribution is -2.31. The first-order chi connectivity index (χ1) is 14.8. The number of aliphatic imine (C=N–C) groups is 1. The van der Waals surface area contributed by atoms with Gasteiger partial charge in [0.15, 0.2) is 9.84 Å². The van der Waals surface area contributed by atoms with Gasteiger partial charge in [0.05, 0.1) is 21.5 Å². The van der Waals surface area contributed by atoms with E-state index in [9.17, 15) is 13.2 Å². The lowest BCUT2D eigenvalue weighted by atomic mass is 10.1. The first kappa shape index (κ1) is 23.5. The van der Waals surface area contributed by atoms with Crippen LogP contribution in [0.4, 0.5) is 0 Å². The molecule has 1 aliphatic rings. The van der Waals surface area contributed by atoms with Gasteiger partial charge in [0.1, 0.15) is 11.7 Å². The Hall–Kier alpha value is -2.13. The molecule has 0 aromatic heterocycles. The highest BCUT2D eigenvalue weighted by atomic mass is 35.5. The van der Waals surface area contributed by atoms with E-state index in [-0.39, 0.29) is 39.7 Å². The van der Waals surface area contributed by atoms with Crippen molar-refractivity contribution < 1.29 is 13.2 Å². The number of hydrogen-bond donors (Lipinski definition) is 2. The predicted octanol–water partition coefficient (Wildman–Crippen LogP) is 2.71. The lowest BCUT2D eigenvalue weighted by molar-refractivity contribution is -0.130. The van der Waals surface area contributed by atoms with E-state index in [4.69, 9.17) is 23.2 Å². The fourth-order valence-corrected chi connectivity index (χ4v) is 5.06. The van der Waals surface area contributed by atoms with E-state index in [1.54, 1.807) is 11.9 Å². The zero-order valence-electron chi connectivity index (χ0n) is 17.1. The number of rotatable bonds is 9. The molecule has 31 heavy (non-hydrogen) atoms. The highest BCUT2D eigenvalue weighted by molar-refractivity contribution is 7.91. The number of carbonyl (C=O) groups is 1. The standard InChI is InChI=1S/C21H24Cl2N4O3S/c1-27(13-15-5-7-16(8-6-15)21-25-11-12-26-21)19(28)9-10-24-14-31(29,30)18-4-2-3-17(22)20(18)23/h2-8,24H,9-14H2,1H3,(H,25,26). The van der Waals surface area contributed by atoms with Crippen LogP contribution < -0.4 is 10.6 Å². The summed E-state index contributed by atoms with van der Waals surface area (Å²) in [6, 6.07) is 12.4. The normalized spacial score (nSPS) is 13.6. The largest absolute Gasteiger partial charge is 0.368 e. The van der Waals surface area contributed by atoms with E-state index in [0.717, 1.165) is 30.1 Å². The number of nitrogens with one attached hydrogen (secondary N) is 2. The Morgan fingerprint density at radius 2 is 1.94 bits per heavy atom. The molecule has 0 saturated carbocycles. The van der Waals surface area contributed by atoms with Crippen LogP contribution in [0.5, 0.6) is 0 Å². The maximum absolute atomic E-state index is 12.4. The molecule has 2 aromatic rings. The summed E-state index contributed by atoms with van der Waals surface area (Å²) >= 11 is 11.9. The minimum absolute atomic E-state index is 0.00331. The van der Waals surface area contributed by atoms with Crippen LogP contribution >= 0.6 is 23.2 Å². The van der Waals surface area contributed by atoms with Crippen LogP contribution in [0.3, 0.4) is 0 Å². The SMILES string of the molecule is CN(Cc1ccc(C2=NCCN2)cc1)C(=O)CCNCS(=O)(=O)c1cccc(Cl)c1Cl. The number of nitrogens with zero attached hydrogens (tertiary/aromatic N) is 2. The van der Waals surface area contributed by atoms with Gasteiger partial charge in [0.2, 0.25) is 5.91 Å². The molecule has 0 bridgehead atoms. The molecule has 0 unspecified atom stereocenters. The summed E-state index contributed by atoms with van der Waals surface area (Å²) in [5.41, 5.74) is 2.03. The van der Waals surface area contributed by atoms with Crippen LogP contribution in [0.15, 0.2) is 52.4 Å². The van der Waals surface area contributed by atoms with Gasteiger partial charge < -0.3 is 15.5 Å². The Balaban J connectivity index is 1.45. The zero-order valence-corrected chi connectivity index (χ0v) is 19.4. The molecule has 1 heterocycles. The van der Waals surface area contributed by atoms with Crippen molar-refractivity contribution in [3.63, 3.8) is 0 Å². The molecule has 0 atom stereocenters. The number of benzene rings is 2. The fraction of sp³-hybridized carbons (Fsp3) is 0.333. The average molecular weight is 483 g/mol. The topological polar surface area (TPSA) is 90.9 Å². The fourth-order valence-electron chi connectivity index (χ4n) is 3.12. The number of halogens is 2. The predicted molar refractivity (Wildman–Crippen MR) is 123 cm³/mol. The molecule has 166 valence electrons. The van der Waals surface area contributed by atoms with E-state index < -0.39 is 9.84 Å². The first-order valence-corrected chi connectivity index (χ1v) is 12.2.